The smallest absolute Gasteiger partial charge is 0.387 e. The van der Waals surface area contributed by atoms with Gasteiger partial charge in [0, 0.05) is 33.6 Å². The van der Waals surface area contributed by atoms with Gasteiger partial charge in [-0.15, -0.1) is 11.3 Å². The molecular formula is C22H19F2NO4S. The van der Waals surface area contributed by atoms with Crippen molar-refractivity contribution in [3.8, 4) is 11.4 Å². The van der Waals surface area contributed by atoms with Crippen molar-refractivity contribution in [1.29, 1.82) is 0 Å². The first-order valence-electron chi connectivity index (χ1n) is 9.01. The second-order valence-electron chi connectivity index (χ2n) is 6.37. The standard InChI is InChI=1S/C22H19F2NO4S/c1-14-12-19(20(26)13-28-21(27)10-9-18-4-3-11-30-18)15(2)25(14)16-5-7-17(8-6-16)29-22(23)24/h3-12,22H,13H2,1-2H3. The Labute approximate surface area is 176 Å². The molecule has 5 nitrogen and oxygen atoms in total. The minimum Gasteiger partial charge on any atom is -0.454 e. The molecule has 0 spiro atoms. The summed E-state index contributed by atoms with van der Waals surface area (Å²) in [6.45, 7) is 0.322. The molecule has 2 aromatic heterocycles. The van der Waals surface area contributed by atoms with Gasteiger partial charge in [0.2, 0.25) is 5.78 Å². The number of hydrogen-bond donors (Lipinski definition) is 0. The van der Waals surface area contributed by atoms with Crippen LogP contribution in [0.25, 0.3) is 11.8 Å². The second kappa shape index (κ2) is 9.49. The highest BCUT2D eigenvalue weighted by Gasteiger charge is 2.18. The van der Waals surface area contributed by atoms with Gasteiger partial charge in [-0.1, -0.05) is 6.07 Å². The number of carbonyl (C=O) groups excluding carboxylic acids is 2. The maximum atomic E-state index is 12.6. The fourth-order valence-electron chi connectivity index (χ4n) is 3.02. The van der Waals surface area contributed by atoms with Gasteiger partial charge in [-0.25, -0.2) is 4.79 Å². The van der Waals surface area contributed by atoms with E-state index in [-0.39, 0.29) is 18.1 Å². The predicted molar refractivity (Wildman–Crippen MR) is 111 cm³/mol. The van der Waals surface area contributed by atoms with Gasteiger partial charge in [0.1, 0.15) is 5.75 Å². The van der Waals surface area contributed by atoms with Crippen LogP contribution in [0.4, 0.5) is 8.78 Å². The number of carbonyl (C=O) groups is 2. The van der Waals surface area contributed by atoms with Gasteiger partial charge >= 0.3 is 12.6 Å². The first-order chi connectivity index (χ1) is 14.3. The largest absolute Gasteiger partial charge is 0.454 e. The van der Waals surface area contributed by atoms with Crippen molar-refractivity contribution in [2.24, 2.45) is 0 Å². The van der Waals surface area contributed by atoms with Crippen molar-refractivity contribution in [2.45, 2.75) is 20.5 Å². The van der Waals surface area contributed by atoms with E-state index >= 15 is 0 Å². The summed E-state index contributed by atoms with van der Waals surface area (Å²) >= 11 is 1.48. The lowest BCUT2D eigenvalue weighted by Gasteiger charge is -2.11. The first-order valence-corrected chi connectivity index (χ1v) is 9.89. The summed E-state index contributed by atoms with van der Waals surface area (Å²) in [4.78, 5) is 25.3. The molecular weight excluding hydrogens is 412 g/mol. The molecule has 2 heterocycles. The summed E-state index contributed by atoms with van der Waals surface area (Å²) in [6, 6.07) is 11.6. The number of Topliss-reactive ketones (excluding diaryl/α,β-unsaturated/α-hetero) is 1. The van der Waals surface area contributed by atoms with E-state index in [1.165, 1.54) is 29.5 Å². The average Bonchev–Trinajstić information content (AvgIpc) is 3.33. The van der Waals surface area contributed by atoms with Crippen LogP contribution in [0.5, 0.6) is 5.75 Å². The van der Waals surface area contributed by atoms with E-state index in [9.17, 15) is 18.4 Å². The normalized spacial score (nSPS) is 11.2. The quantitative estimate of drug-likeness (QED) is 0.280. The molecule has 156 valence electrons. The fraction of sp³-hybridized carbons (Fsp3) is 0.182. The summed E-state index contributed by atoms with van der Waals surface area (Å²) in [5.74, 6) is -0.875. The number of ether oxygens (including phenoxy) is 2. The first kappa shape index (κ1) is 21.4. The molecule has 0 unspecified atom stereocenters. The summed E-state index contributed by atoms with van der Waals surface area (Å²) in [5.41, 5.74) is 2.56. The molecule has 0 saturated carbocycles. The van der Waals surface area contributed by atoms with Gasteiger partial charge in [-0.2, -0.15) is 8.78 Å². The molecule has 0 fully saturated rings. The molecule has 0 saturated heterocycles. The number of benzene rings is 1. The van der Waals surface area contributed by atoms with Gasteiger partial charge in [0.25, 0.3) is 0 Å². The molecule has 8 heteroatoms. The van der Waals surface area contributed by atoms with Crippen molar-refractivity contribution in [2.75, 3.05) is 6.61 Å². The van der Waals surface area contributed by atoms with E-state index in [2.05, 4.69) is 4.74 Å². The zero-order chi connectivity index (χ0) is 21.7. The molecule has 0 aliphatic heterocycles. The van der Waals surface area contributed by atoms with Crippen molar-refractivity contribution in [3.05, 3.63) is 75.7 Å². The van der Waals surface area contributed by atoms with Crippen molar-refractivity contribution >= 4 is 29.2 Å². The third kappa shape index (κ3) is 5.21. The van der Waals surface area contributed by atoms with E-state index in [1.807, 2.05) is 29.0 Å². The average molecular weight is 431 g/mol. The number of rotatable bonds is 8. The van der Waals surface area contributed by atoms with E-state index in [1.54, 1.807) is 31.2 Å². The van der Waals surface area contributed by atoms with Crippen LogP contribution in [0, 0.1) is 13.8 Å². The molecule has 0 aliphatic rings. The molecule has 0 N–H and O–H groups in total. The third-order valence-electron chi connectivity index (χ3n) is 4.32. The lowest BCUT2D eigenvalue weighted by atomic mass is 10.1. The van der Waals surface area contributed by atoms with Gasteiger partial charge in [-0.3, -0.25) is 4.79 Å². The minimum absolute atomic E-state index is 0.0510. The number of hydrogen-bond acceptors (Lipinski definition) is 5. The Balaban J connectivity index is 1.68. The number of aryl methyl sites for hydroxylation is 1. The van der Waals surface area contributed by atoms with Crippen LogP contribution < -0.4 is 4.74 Å². The fourth-order valence-corrected chi connectivity index (χ4v) is 3.64. The van der Waals surface area contributed by atoms with Gasteiger partial charge in [-0.05, 0) is 61.7 Å². The molecule has 30 heavy (non-hydrogen) atoms. The van der Waals surface area contributed by atoms with Crippen LogP contribution in [0.1, 0.15) is 26.6 Å². The SMILES string of the molecule is Cc1cc(C(=O)COC(=O)C=Cc2cccs2)c(C)n1-c1ccc(OC(F)F)cc1. The number of thiophene rings is 1. The summed E-state index contributed by atoms with van der Waals surface area (Å²) in [6.07, 6.45) is 2.91. The van der Waals surface area contributed by atoms with Crippen LogP contribution in [0.2, 0.25) is 0 Å². The molecule has 3 aromatic rings. The summed E-state index contributed by atoms with van der Waals surface area (Å²) < 4.78 is 35.8. The maximum absolute atomic E-state index is 12.6. The Morgan fingerprint density at radius 2 is 1.90 bits per heavy atom. The minimum atomic E-state index is -2.89. The Morgan fingerprint density at radius 3 is 2.53 bits per heavy atom. The topological polar surface area (TPSA) is 57.5 Å². The monoisotopic (exact) mass is 431 g/mol. The Bertz CT molecular complexity index is 1050. The van der Waals surface area contributed by atoms with Gasteiger partial charge in [0.15, 0.2) is 6.61 Å². The molecule has 0 aliphatic carbocycles. The highest BCUT2D eigenvalue weighted by molar-refractivity contribution is 7.10. The van der Waals surface area contributed by atoms with Crippen LogP contribution in [-0.4, -0.2) is 29.5 Å². The molecule has 1 aromatic carbocycles. The number of alkyl halides is 2. The number of aromatic nitrogens is 1. The number of nitrogens with zero attached hydrogens (tertiary/aromatic N) is 1. The Kier molecular flexibility index (Phi) is 6.79. The highest BCUT2D eigenvalue weighted by Crippen LogP contribution is 2.24. The number of ketones is 1. The van der Waals surface area contributed by atoms with Crippen LogP contribution in [0.3, 0.4) is 0 Å². The van der Waals surface area contributed by atoms with E-state index < -0.39 is 12.6 Å². The number of esters is 1. The van der Waals surface area contributed by atoms with Crippen molar-refractivity contribution in [3.63, 3.8) is 0 Å². The van der Waals surface area contributed by atoms with Crippen molar-refractivity contribution < 1.29 is 27.8 Å². The highest BCUT2D eigenvalue weighted by atomic mass is 32.1. The van der Waals surface area contributed by atoms with E-state index in [0.29, 0.717) is 16.9 Å². The third-order valence-corrected chi connectivity index (χ3v) is 5.16. The zero-order valence-corrected chi connectivity index (χ0v) is 17.1. The lowest BCUT2D eigenvalue weighted by molar-refractivity contribution is -0.136. The Hall–Kier alpha value is -3.26. The Morgan fingerprint density at radius 1 is 1.17 bits per heavy atom. The summed E-state index contributed by atoms with van der Waals surface area (Å²) in [7, 11) is 0. The molecule has 0 amide bonds. The summed E-state index contributed by atoms with van der Waals surface area (Å²) in [5, 5.41) is 1.89. The molecule has 0 radical (unpaired) electrons. The maximum Gasteiger partial charge on any atom is 0.387 e. The van der Waals surface area contributed by atoms with Gasteiger partial charge < -0.3 is 14.0 Å². The van der Waals surface area contributed by atoms with E-state index in [4.69, 9.17) is 4.74 Å². The van der Waals surface area contributed by atoms with Crippen LogP contribution in [0.15, 0.2) is 53.9 Å². The second-order valence-corrected chi connectivity index (χ2v) is 7.35. The van der Waals surface area contributed by atoms with Crippen molar-refractivity contribution in [1.82, 2.24) is 4.57 Å². The molecule has 3 rings (SSSR count). The molecule has 0 bridgehead atoms. The van der Waals surface area contributed by atoms with E-state index in [0.717, 1.165) is 10.6 Å². The van der Waals surface area contributed by atoms with Gasteiger partial charge in [0.05, 0.1) is 0 Å². The number of halogens is 2. The zero-order valence-electron chi connectivity index (χ0n) is 16.3. The van der Waals surface area contributed by atoms with Crippen LogP contribution >= 0.6 is 11.3 Å². The predicted octanol–water partition coefficient (Wildman–Crippen LogP) is 5.20. The molecule has 0 atom stereocenters. The van der Waals surface area contributed by atoms with Crippen LogP contribution in [-0.2, 0) is 9.53 Å². The lowest BCUT2D eigenvalue weighted by Crippen LogP contribution is -2.13.